The maximum Gasteiger partial charge on any atom is 0.274 e. The molecule has 3 aliphatic heterocycles. The maximum absolute atomic E-state index is 12.7. The highest BCUT2D eigenvalue weighted by Crippen LogP contribution is 2.41. The van der Waals surface area contributed by atoms with Gasteiger partial charge in [0.25, 0.3) is 5.91 Å². The number of likely N-dealkylation sites (tertiary alicyclic amines) is 2. The van der Waals surface area contributed by atoms with Crippen LogP contribution in [0.1, 0.15) is 28.0 Å². The van der Waals surface area contributed by atoms with Crippen LogP contribution in [0, 0.1) is 5.41 Å². The van der Waals surface area contributed by atoms with E-state index in [-0.39, 0.29) is 17.2 Å². The van der Waals surface area contributed by atoms with Gasteiger partial charge in [0.05, 0.1) is 16.9 Å². The zero-order valence-corrected chi connectivity index (χ0v) is 19.7. The second-order valence-corrected chi connectivity index (χ2v) is 10.1. The number of amides is 2. The third-order valence-corrected chi connectivity index (χ3v) is 7.55. The van der Waals surface area contributed by atoms with Crippen molar-refractivity contribution in [1.29, 1.82) is 0 Å². The summed E-state index contributed by atoms with van der Waals surface area (Å²) in [4.78, 5) is 34.8. The van der Waals surface area contributed by atoms with Crippen LogP contribution >= 0.6 is 11.6 Å². The Morgan fingerprint density at radius 1 is 1.18 bits per heavy atom. The van der Waals surface area contributed by atoms with Gasteiger partial charge in [-0.1, -0.05) is 17.7 Å². The summed E-state index contributed by atoms with van der Waals surface area (Å²) >= 11 is 6.14. The number of hydrogen-bond acceptors (Lipinski definition) is 5. The normalized spacial score (nSPS) is 19.1. The van der Waals surface area contributed by atoms with Crippen molar-refractivity contribution in [1.82, 2.24) is 25.0 Å². The molecule has 1 aromatic carbocycles. The molecule has 5 heterocycles. The summed E-state index contributed by atoms with van der Waals surface area (Å²) in [6, 6.07) is 9.68. The number of carbonyl (C=O) groups is 2. The lowest BCUT2D eigenvalue weighted by atomic mass is 9.72. The van der Waals surface area contributed by atoms with E-state index in [1.165, 1.54) is 5.56 Å². The number of pyridine rings is 1. The van der Waals surface area contributed by atoms with Gasteiger partial charge >= 0.3 is 0 Å². The van der Waals surface area contributed by atoms with Crippen molar-refractivity contribution in [2.75, 3.05) is 38.1 Å². The number of benzene rings is 1. The van der Waals surface area contributed by atoms with Crippen molar-refractivity contribution >= 4 is 29.1 Å². The van der Waals surface area contributed by atoms with Crippen molar-refractivity contribution in [2.45, 2.75) is 19.4 Å². The predicted octanol–water partition coefficient (Wildman–Crippen LogP) is 2.99. The van der Waals surface area contributed by atoms with Gasteiger partial charge in [0.1, 0.15) is 5.69 Å². The van der Waals surface area contributed by atoms with Gasteiger partial charge in [0, 0.05) is 74.6 Å². The Hall–Kier alpha value is -3.23. The fourth-order valence-corrected chi connectivity index (χ4v) is 5.75. The second-order valence-electron chi connectivity index (χ2n) is 9.71. The summed E-state index contributed by atoms with van der Waals surface area (Å²) in [6.45, 7) is 4.20. The first-order valence-corrected chi connectivity index (χ1v) is 11.8. The molecule has 2 saturated heterocycles. The highest BCUT2D eigenvalue weighted by molar-refractivity contribution is 6.33. The number of aromatic amines is 1. The topological polar surface area (TPSA) is 85.4 Å². The van der Waals surface area contributed by atoms with E-state index in [1.54, 1.807) is 23.2 Å². The molecular formula is C25H25ClN6O2. The molecule has 1 spiro atoms. The van der Waals surface area contributed by atoms with Crippen LogP contribution in [-0.2, 0) is 17.8 Å². The highest BCUT2D eigenvalue weighted by Gasteiger charge is 2.53. The second kappa shape index (κ2) is 7.92. The van der Waals surface area contributed by atoms with Crippen LogP contribution in [0.25, 0.3) is 11.3 Å². The molecule has 0 atom stereocenters. The van der Waals surface area contributed by atoms with Crippen molar-refractivity contribution < 1.29 is 9.59 Å². The Bertz CT molecular complexity index is 1290. The van der Waals surface area contributed by atoms with Crippen LogP contribution < -0.4 is 4.90 Å². The van der Waals surface area contributed by atoms with Gasteiger partial charge in [0.15, 0.2) is 0 Å². The van der Waals surface area contributed by atoms with Crippen LogP contribution in [-0.4, -0.2) is 70.0 Å². The summed E-state index contributed by atoms with van der Waals surface area (Å²) in [5.41, 5.74) is 5.96. The molecule has 0 aliphatic carbocycles. The largest absolute Gasteiger partial charge is 0.336 e. The summed E-state index contributed by atoms with van der Waals surface area (Å²) in [7, 11) is 1.83. The third-order valence-electron chi connectivity index (χ3n) is 7.24. The SMILES string of the molecule is CN1C(=O)CCc2cc(-c3[nH]ncc3CN3CC4(C3)CN(C(=O)c3ncccc3Cl)C4)ccc21. The fourth-order valence-electron chi connectivity index (χ4n) is 5.55. The van der Waals surface area contributed by atoms with E-state index < -0.39 is 0 Å². The molecule has 2 aromatic heterocycles. The first-order chi connectivity index (χ1) is 16.4. The van der Waals surface area contributed by atoms with Gasteiger partial charge < -0.3 is 9.80 Å². The van der Waals surface area contributed by atoms with Crippen molar-refractivity contribution in [2.24, 2.45) is 5.41 Å². The number of nitrogens with one attached hydrogen (secondary N) is 1. The van der Waals surface area contributed by atoms with Crippen molar-refractivity contribution in [3.05, 3.63) is 64.6 Å². The Kier molecular flexibility index (Phi) is 4.97. The molecule has 0 radical (unpaired) electrons. The van der Waals surface area contributed by atoms with Crippen LogP contribution in [0.15, 0.2) is 42.7 Å². The number of H-pyrrole nitrogens is 1. The predicted molar refractivity (Wildman–Crippen MR) is 129 cm³/mol. The Morgan fingerprint density at radius 3 is 2.79 bits per heavy atom. The number of rotatable bonds is 4. The smallest absolute Gasteiger partial charge is 0.274 e. The average Bonchev–Trinajstić information content (AvgIpc) is 3.25. The van der Waals surface area contributed by atoms with Gasteiger partial charge in [-0.15, -0.1) is 0 Å². The van der Waals surface area contributed by atoms with Gasteiger partial charge in [-0.05, 0) is 36.2 Å². The average molecular weight is 477 g/mol. The van der Waals surface area contributed by atoms with Crippen LogP contribution in [0.4, 0.5) is 5.69 Å². The molecule has 0 saturated carbocycles. The number of halogens is 1. The highest BCUT2D eigenvalue weighted by atomic mass is 35.5. The van der Waals surface area contributed by atoms with E-state index in [0.717, 1.165) is 61.7 Å². The molecule has 0 unspecified atom stereocenters. The van der Waals surface area contributed by atoms with E-state index in [0.29, 0.717) is 17.1 Å². The number of fused-ring (bicyclic) bond motifs is 1. The van der Waals surface area contributed by atoms with E-state index in [2.05, 4.69) is 32.2 Å². The quantitative estimate of drug-likeness (QED) is 0.625. The van der Waals surface area contributed by atoms with E-state index >= 15 is 0 Å². The molecule has 8 nitrogen and oxygen atoms in total. The minimum atomic E-state index is -0.0912. The van der Waals surface area contributed by atoms with Gasteiger partial charge in [-0.25, -0.2) is 4.98 Å². The maximum atomic E-state index is 12.7. The van der Waals surface area contributed by atoms with Crippen LogP contribution in [0.2, 0.25) is 5.02 Å². The first kappa shape index (κ1) is 21.3. The molecule has 1 N–H and O–H groups in total. The van der Waals surface area contributed by atoms with E-state index in [9.17, 15) is 9.59 Å². The Morgan fingerprint density at radius 2 is 2.00 bits per heavy atom. The van der Waals surface area contributed by atoms with Crippen LogP contribution in [0.3, 0.4) is 0 Å². The number of anilines is 1. The lowest BCUT2D eigenvalue weighted by molar-refractivity contribution is -0.118. The monoisotopic (exact) mass is 476 g/mol. The molecule has 3 aliphatic rings. The van der Waals surface area contributed by atoms with E-state index in [4.69, 9.17) is 11.6 Å². The molecule has 34 heavy (non-hydrogen) atoms. The first-order valence-electron chi connectivity index (χ1n) is 11.5. The standard InChI is InChI=1S/C25H25ClN6O2/c1-30-20-6-4-17(9-16(20)5-7-21(30)33)22-18(10-28-29-22)11-31-12-25(13-31)14-32(15-25)24(34)23-19(26)3-2-8-27-23/h2-4,6,8-10H,5,7,11-15H2,1H3,(H,28,29). The molecule has 3 aromatic rings. The molecular weight excluding hydrogens is 452 g/mol. The molecule has 2 fully saturated rings. The minimum absolute atomic E-state index is 0.0912. The molecule has 9 heteroatoms. The minimum Gasteiger partial charge on any atom is -0.336 e. The molecule has 0 bridgehead atoms. The third kappa shape index (κ3) is 3.49. The molecule has 2 amide bonds. The Balaban J connectivity index is 1.09. The number of carbonyl (C=O) groups excluding carboxylic acids is 2. The number of aromatic nitrogens is 3. The summed E-state index contributed by atoms with van der Waals surface area (Å²) in [5.74, 6) is 0.0696. The van der Waals surface area contributed by atoms with Crippen molar-refractivity contribution in [3.63, 3.8) is 0 Å². The van der Waals surface area contributed by atoms with Crippen LogP contribution in [0.5, 0.6) is 0 Å². The summed E-state index contributed by atoms with van der Waals surface area (Å²) < 4.78 is 0. The van der Waals surface area contributed by atoms with Gasteiger partial charge in [0.2, 0.25) is 5.91 Å². The van der Waals surface area contributed by atoms with Gasteiger partial charge in [-0.3, -0.25) is 19.6 Å². The lowest BCUT2D eigenvalue weighted by Gasteiger charge is -2.60. The van der Waals surface area contributed by atoms with Crippen molar-refractivity contribution in [3.8, 4) is 11.3 Å². The lowest BCUT2D eigenvalue weighted by Crippen LogP contribution is -2.72. The molecule has 174 valence electrons. The number of hydrogen-bond donors (Lipinski definition) is 1. The zero-order chi connectivity index (χ0) is 23.4. The Labute approximate surface area is 202 Å². The zero-order valence-electron chi connectivity index (χ0n) is 18.9. The summed E-state index contributed by atoms with van der Waals surface area (Å²) in [6.07, 6.45) is 4.81. The molecule has 6 rings (SSSR count). The van der Waals surface area contributed by atoms with Gasteiger partial charge in [-0.2, -0.15) is 5.10 Å². The number of nitrogens with zero attached hydrogens (tertiary/aromatic N) is 5. The number of aryl methyl sites for hydroxylation is 1. The summed E-state index contributed by atoms with van der Waals surface area (Å²) in [5, 5.41) is 7.87. The van der Waals surface area contributed by atoms with E-state index in [1.807, 2.05) is 24.2 Å². The fraction of sp³-hybridized carbons (Fsp3) is 0.360.